The van der Waals surface area contributed by atoms with Gasteiger partial charge in [0, 0.05) is 12.4 Å². The van der Waals surface area contributed by atoms with E-state index < -0.39 is 0 Å². The normalized spacial score (nSPS) is 11.4. The summed E-state index contributed by atoms with van der Waals surface area (Å²) in [6.45, 7) is 4.69. The van der Waals surface area contributed by atoms with Gasteiger partial charge in [0.15, 0.2) is 0 Å². The summed E-state index contributed by atoms with van der Waals surface area (Å²) in [4.78, 5) is 0. The first-order valence-corrected chi connectivity index (χ1v) is 2.58. The van der Waals surface area contributed by atoms with E-state index >= 15 is 0 Å². The third kappa shape index (κ3) is 3.59. The molecule has 1 nitrogen and oxygen atoms in total. The molecule has 0 rings (SSSR count). The van der Waals surface area contributed by atoms with Crippen molar-refractivity contribution in [3.63, 3.8) is 0 Å². The summed E-state index contributed by atoms with van der Waals surface area (Å²) in [5, 5.41) is 0. The fraction of sp³-hybridized carbons (Fsp3) is 0.600. The second-order valence-electron chi connectivity index (χ2n) is 1.42. The minimum absolute atomic E-state index is 0.700. The van der Waals surface area contributed by atoms with E-state index in [4.69, 9.17) is 0 Å². The summed E-state index contributed by atoms with van der Waals surface area (Å²) in [5.41, 5.74) is 1.23. The lowest BCUT2D eigenvalue weighted by Gasteiger charge is -1.85. The molecule has 0 atom stereocenters. The Labute approximate surface area is 49.6 Å². The van der Waals surface area contributed by atoms with Crippen LogP contribution in [0.3, 0.4) is 0 Å². The first-order chi connectivity index (χ1) is 3.31. The van der Waals surface area contributed by atoms with E-state index in [0.29, 0.717) is 6.54 Å². The maximum atomic E-state index is 4.38. The Hall–Kier alpha value is -0.240. The molecule has 0 bridgehead atoms. The van der Waals surface area contributed by atoms with E-state index in [1.165, 1.54) is 5.57 Å². The highest BCUT2D eigenvalue weighted by atomic mass is 32.1. The molecule has 0 N–H and O–H groups in total. The minimum Gasteiger partial charge on any atom is -0.215 e. The fourth-order valence-electron chi connectivity index (χ4n) is 0.193. The van der Waals surface area contributed by atoms with Crippen LogP contribution in [0.25, 0.3) is 0 Å². The minimum atomic E-state index is 0.700. The van der Waals surface area contributed by atoms with Crippen molar-refractivity contribution in [3.8, 4) is 0 Å². The van der Waals surface area contributed by atoms with Crippen molar-refractivity contribution in [3.05, 3.63) is 11.6 Å². The van der Waals surface area contributed by atoms with Crippen LogP contribution in [0.15, 0.2) is 16.0 Å². The van der Waals surface area contributed by atoms with Crippen LogP contribution >= 0.6 is 0 Å². The first-order valence-electron chi connectivity index (χ1n) is 2.22. The van der Waals surface area contributed by atoms with Crippen LogP contribution in [0.2, 0.25) is 0 Å². The average molecular weight is 115 g/mol. The second-order valence-corrected chi connectivity index (χ2v) is 1.68. The van der Waals surface area contributed by atoms with Crippen molar-refractivity contribution in [1.29, 1.82) is 0 Å². The van der Waals surface area contributed by atoms with Gasteiger partial charge in [-0.05, 0) is 13.8 Å². The summed E-state index contributed by atoms with van der Waals surface area (Å²) in [5.74, 6) is 0. The number of hydrogen-bond acceptors (Lipinski definition) is 2. The van der Waals surface area contributed by atoms with Gasteiger partial charge in [-0.3, -0.25) is 0 Å². The van der Waals surface area contributed by atoms with E-state index in [2.05, 4.69) is 16.8 Å². The lowest BCUT2D eigenvalue weighted by molar-refractivity contribution is 1.15. The van der Waals surface area contributed by atoms with Gasteiger partial charge < -0.3 is 0 Å². The molecule has 0 aliphatic heterocycles. The summed E-state index contributed by atoms with van der Waals surface area (Å²) < 4.78 is 3.52. The van der Waals surface area contributed by atoms with E-state index in [1.54, 1.807) is 0 Å². The first kappa shape index (κ1) is 6.76. The van der Waals surface area contributed by atoms with Crippen molar-refractivity contribution in [2.24, 2.45) is 4.36 Å². The van der Waals surface area contributed by atoms with Crippen LogP contribution in [0.1, 0.15) is 13.8 Å². The topological polar surface area (TPSA) is 12.4 Å². The second kappa shape index (κ2) is 3.93. The lowest BCUT2D eigenvalue weighted by atomic mass is 10.3. The Balaban J connectivity index is 3.36. The number of rotatable bonds is 2. The van der Waals surface area contributed by atoms with Crippen LogP contribution in [-0.4, -0.2) is 6.54 Å². The molecule has 0 radical (unpaired) electrons. The van der Waals surface area contributed by atoms with Crippen LogP contribution < -0.4 is 0 Å². The molecule has 0 aromatic rings. The van der Waals surface area contributed by atoms with Crippen LogP contribution in [0.4, 0.5) is 0 Å². The zero-order valence-corrected chi connectivity index (χ0v) is 5.46. The zero-order chi connectivity index (χ0) is 5.70. The van der Waals surface area contributed by atoms with Gasteiger partial charge in [0.25, 0.3) is 0 Å². The molecular weight excluding hydrogens is 106 g/mol. The van der Waals surface area contributed by atoms with Gasteiger partial charge in [-0.25, -0.2) is 4.36 Å². The van der Waals surface area contributed by atoms with E-state index in [1.807, 2.05) is 19.9 Å². The van der Waals surface area contributed by atoms with Crippen LogP contribution in [-0.2, 0) is 12.4 Å². The van der Waals surface area contributed by atoms with Crippen molar-refractivity contribution < 1.29 is 0 Å². The number of hydrogen-bond donors (Lipinski definition) is 0. The van der Waals surface area contributed by atoms with Crippen LogP contribution in [0.5, 0.6) is 0 Å². The molecule has 40 valence electrons. The van der Waals surface area contributed by atoms with Gasteiger partial charge in [-0.2, -0.15) is 0 Å². The summed E-state index contributed by atoms with van der Waals surface area (Å²) in [7, 11) is 0. The predicted octanol–water partition coefficient (Wildman–Crippen LogP) is 1.68. The molecule has 7 heavy (non-hydrogen) atoms. The monoisotopic (exact) mass is 115 g/mol. The van der Waals surface area contributed by atoms with Gasteiger partial charge in [-0.15, -0.1) is 0 Å². The largest absolute Gasteiger partial charge is 0.215 e. The van der Waals surface area contributed by atoms with Crippen molar-refractivity contribution in [2.75, 3.05) is 6.54 Å². The number of allylic oxidation sites excluding steroid dienone is 1. The average Bonchev–Trinajstić information content (AvgIpc) is 1.68. The molecule has 0 aromatic carbocycles. The maximum absolute atomic E-state index is 4.38. The molecule has 0 aromatic heterocycles. The number of nitrogens with zero attached hydrogens (tertiary/aromatic N) is 1. The fourth-order valence-corrected chi connectivity index (χ4v) is 0.397. The van der Waals surface area contributed by atoms with Gasteiger partial charge in [0.2, 0.25) is 0 Å². The maximum Gasteiger partial charge on any atom is 0.0728 e. The Kier molecular flexibility index (Phi) is 3.80. The van der Waals surface area contributed by atoms with E-state index in [9.17, 15) is 0 Å². The Morgan fingerprint density at radius 1 is 1.86 bits per heavy atom. The lowest BCUT2D eigenvalue weighted by Crippen LogP contribution is -1.76. The Bertz CT molecular complexity index is 86.1. The van der Waals surface area contributed by atoms with Crippen molar-refractivity contribution in [2.45, 2.75) is 13.8 Å². The predicted molar refractivity (Wildman–Crippen MR) is 34.1 cm³/mol. The molecule has 0 spiro atoms. The molecule has 2 heteroatoms. The summed E-state index contributed by atoms with van der Waals surface area (Å²) >= 11 is 4.38. The molecule has 0 amide bonds. The zero-order valence-electron chi connectivity index (χ0n) is 4.64. The SMILES string of the molecule is C/C=C(\C)CN=S. The van der Waals surface area contributed by atoms with Crippen molar-refractivity contribution >= 4 is 12.4 Å². The Morgan fingerprint density at radius 2 is 2.43 bits per heavy atom. The highest BCUT2D eigenvalue weighted by Gasteiger charge is 1.78. The highest BCUT2D eigenvalue weighted by molar-refractivity contribution is 7.47. The van der Waals surface area contributed by atoms with Gasteiger partial charge in [0.05, 0.1) is 6.54 Å². The quantitative estimate of drug-likeness (QED) is 0.499. The molecule has 0 saturated carbocycles. The molecule has 0 unspecified atom stereocenters. The van der Waals surface area contributed by atoms with E-state index in [-0.39, 0.29) is 0 Å². The van der Waals surface area contributed by atoms with Gasteiger partial charge in [0.1, 0.15) is 0 Å². The molecule has 0 fully saturated rings. The molecule has 0 heterocycles. The smallest absolute Gasteiger partial charge is 0.0728 e. The van der Waals surface area contributed by atoms with E-state index in [0.717, 1.165) is 0 Å². The van der Waals surface area contributed by atoms with Gasteiger partial charge in [-0.1, -0.05) is 11.6 Å². The third-order valence-electron chi connectivity index (χ3n) is 0.807. The van der Waals surface area contributed by atoms with Crippen LogP contribution in [0, 0.1) is 0 Å². The summed E-state index contributed by atoms with van der Waals surface area (Å²) in [6.07, 6.45) is 2.01. The molecular formula is C5H9NS. The van der Waals surface area contributed by atoms with Crippen molar-refractivity contribution in [1.82, 2.24) is 0 Å². The highest BCUT2D eigenvalue weighted by Crippen LogP contribution is 1.89. The third-order valence-corrected chi connectivity index (χ3v) is 0.936. The van der Waals surface area contributed by atoms with Gasteiger partial charge >= 0.3 is 0 Å². The molecule has 0 saturated heterocycles. The molecule has 0 aliphatic rings. The Morgan fingerprint density at radius 3 is 2.57 bits per heavy atom. The molecule has 0 aliphatic carbocycles. The summed E-state index contributed by atoms with van der Waals surface area (Å²) in [6, 6.07) is 0. The standard InChI is InChI=1S/C5H9NS/c1-3-5(2)4-6-7/h3H,4H2,1-2H3/b5-3+.